The Morgan fingerprint density at radius 1 is 1.00 bits per heavy atom. The van der Waals surface area contributed by atoms with Gasteiger partial charge in [-0.05, 0) is 13.8 Å². The summed E-state index contributed by atoms with van der Waals surface area (Å²) in [4.78, 5) is 0. The second kappa shape index (κ2) is 3.15. The van der Waals surface area contributed by atoms with Crippen LogP contribution in [0.2, 0.25) is 0 Å². The van der Waals surface area contributed by atoms with E-state index in [0.29, 0.717) is 0 Å². The Bertz CT molecular complexity index is 273. The maximum Gasteiger partial charge on any atom is 0.105 e. The van der Waals surface area contributed by atoms with Crippen LogP contribution in [0.1, 0.15) is 25.0 Å². The van der Waals surface area contributed by atoms with Crippen molar-refractivity contribution in [2.75, 3.05) is 13.1 Å². The molecular formula is C12H18N+. The summed E-state index contributed by atoms with van der Waals surface area (Å²) in [5.74, 6) is 0. The summed E-state index contributed by atoms with van der Waals surface area (Å²) in [5, 5.41) is 0. The van der Waals surface area contributed by atoms with Gasteiger partial charge in [0.05, 0.1) is 13.1 Å². The minimum Gasteiger partial charge on any atom is -0.317 e. The lowest BCUT2D eigenvalue weighted by Gasteiger charge is -2.31. The van der Waals surface area contributed by atoms with E-state index in [4.69, 9.17) is 0 Å². The van der Waals surface area contributed by atoms with E-state index in [0.717, 1.165) is 0 Å². The molecule has 2 rings (SSSR count). The number of rotatable bonds is 2. The van der Waals surface area contributed by atoms with Gasteiger partial charge in [0, 0.05) is 11.1 Å². The molecule has 1 nitrogen and oxygen atoms in total. The van der Waals surface area contributed by atoms with Gasteiger partial charge in [-0.3, -0.25) is 0 Å². The van der Waals surface area contributed by atoms with Crippen molar-refractivity contribution in [1.29, 1.82) is 0 Å². The highest BCUT2D eigenvalue weighted by atomic mass is 15.4. The van der Waals surface area contributed by atoms with Crippen LogP contribution < -0.4 is 0 Å². The van der Waals surface area contributed by atoms with Crippen LogP contribution in [-0.2, 0) is 13.1 Å². The van der Waals surface area contributed by atoms with Gasteiger partial charge in [-0.2, -0.15) is 0 Å². The Labute approximate surface area is 80.6 Å². The van der Waals surface area contributed by atoms with Crippen LogP contribution in [0.25, 0.3) is 0 Å². The molecule has 0 saturated carbocycles. The maximum atomic E-state index is 2.30. The molecule has 1 heteroatoms. The lowest BCUT2D eigenvalue weighted by molar-refractivity contribution is -0.944. The highest BCUT2D eigenvalue weighted by Gasteiger charge is 2.32. The first-order valence-corrected chi connectivity index (χ1v) is 5.21. The average Bonchev–Trinajstić information content (AvgIpc) is 2.57. The molecule has 0 unspecified atom stereocenters. The quantitative estimate of drug-likeness (QED) is 0.607. The Morgan fingerprint density at radius 2 is 1.46 bits per heavy atom. The molecule has 0 bridgehead atoms. The second-order valence-corrected chi connectivity index (χ2v) is 4.06. The molecule has 13 heavy (non-hydrogen) atoms. The summed E-state index contributed by atoms with van der Waals surface area (Å²) >= 11 is 0. The third kappa shape index (κ3) is 1.37. The number of fused-ring (bicyclic) bond motifs is 1. The highest BCUT2D eigenvalue weighted by molar-refractivity contribution is 5.27. The summed E-state index contributed by atoms with van der Waals surface area (Å²) in [5.41, 5.74) is 3.12. The third-order valence-electron chi connectivity index (χ3n) is 3.47. The molecule has 0 N–H and O–H groups in total. The summed E-state index contributed by atoms with van der Waals surface area (Å²) in [7, 11) is 0. The van der Waals surface area contributed by atoms with Gasteiger partial charge in [-0.15, -0.1) is 0 Å². The van der Waals surface area contributed by atoms with Gasteiger partial charge >= 0.3 is 0 Å². The number of hydrogen-bond acceptors (Lipinski definition) is 0. The van der Waals surface area contributed by atoms with Crippen molar-refractivity contribution in [3.05, 3.63) is 35.4 Å². The Balaban J connectivity index is 2.30. The molecular weight excluding hydrogens is 158 g/mol. The maximum absolute atomic E-state index is 2.30. The van der Waals surface area contributed by atoms with Gasteiger partial charge in [0.2, 0.25) is 0 Å². The zero-order chi connectivity index (χ0) is 9.31. The van der Waals surface area contributed by atoms with Gasteiger partial charge < -0.3 is 4.48 Å². The smallest absolute Gasteiger partial charge is 0.105 e. The lowest BCUT2D eigenvalue weighted by atomic mass is 10.1. The van der Waals surface area contributed by atoms with Crippen LogP contribution >= 0.6 is 0 Å². The van der Waals surface area contributed by atoms with Crippen LogP contribution in [-0.4, -0.2) is 17.6 Å². The molecule has 0 aromatic heterocycles. The Kier molecular flexibility index (Phi) is 2.12. The Hall–Kier alpha value is -0.820. The first kappa shape index (κ1) is 8.76. The number of benzene rings is 1. The molecule has 0 fully saturated rings. The molecule has 1 heterocycles. The number of hydrogen-bond donors (Lipinski definition) is 0. The number of quaternary nitrogens is 1. The van der Waals surface area contributed by atoms with E-state index >= 15 is 0 Å². The van der Waals surface area contributed by atoms with Crippen molar-refractivity contribution in [2.45, 2.75) is 26.9 Å². The molecule has 1 aromatic carbocycles. The fraction of sp³-hybridized carbons (Fsp3) is 0.500. The largest absolute Gasteiger partial charge is 0.317 e. The van der Waals surface area contributed by atoms with Crippen molar-refractivity contribution < 1.29 is 4.48 Å². The van der Waals surface area contributed by atoms with E-state index in [2.05, 4.69) is 38.1 Å². The molecule has 0 amide bonds. The molecule has 0 atom stereocenters. The van der Waals surface area contributed by atoms with Crippen LogP contribution in [0.15, 0.2) is 24.3 Å². The van der Waals surface area contributed by atoms with Gasteiger partial charge in [0.25, 0.3) is 0 Å². The first-order valence-electron chi connectivity index (χ1n) is 5.21. The SMILES string of the molecule is CC[N+]1(CC)Cc2ccccc2C1. The summed E-state index contributed by atoms with van der Waals surface area (Å²) < 4.78 is 1.25. The topological polar surface area (TPSA) is 0 Å². The van der Waals surface area contributed by atoms with E-state index in [1.807, 2.05) is 0 Å². The van der Waals surface area contributed by atoms with Gasteiger partial charge in [-0.25, -0.2) is 0 Å². The van der Waals surface area contributed by atoms with E-state index < -0.39 is 0 Å². The fourth-order valence-corrected chi connectivity index (χ4v) is 2.32. The van der Waals surface area contributed by atoms with Crippen LogP contribution in [0.3, 0.4) is 0 Å². The van der Waals surface area contributed by atoms with Crippen LogP contribution in [0.4, 0.5) is 0 Å². The zero-order valence-corrected chi connectivity index (χ0v) is 8.59. The molecule has 1 aromatic rings. The standard InChI is InChI=1S/C12H18N/c1-3-13(4-2)9-11-7-5-6-8-12(11)10-13/h5-8H,3-4,9-10H2,1-2H3/q+1. The monoisotopic (exact) mass is 176 g/mol. The molecule has 0 spiro atoms. The lowest BCUT2D eigenvalue weighted by Crippen LogP contribution is -2.42. The predicted octanol–water partition coefficient (Wildman–Crippen LogP) is 2.56. The summed E-state index contributed by atoms with van der Waals surface area (Å²) in [6.07, 6.45) is 0. The third-order valence-corrected chi connectivity index (χ3v) is 3.47. The van der Waals surface area contributed by atoms with Crippen LogP contribution in [0, 0.1) is 0 Å². The van der Waals surface area contributed by atoms with E-state index in [-0.39, 0.29) is 0 Å². The summed E-state index contributed by atoms with van der Waals surface area (Å²) in [6, 6.07) is 8.87. The molecule has 1 aliphatic heterocycles. The van der Waals surface area contributed by atoms with Crippen molar-refractivity contribution in [3.63, 3.8) is 0 Å². The van der Waals surface area contributed by atoms with Crippen molar-refractivity contribution >= 4 is 0 Å². The van der Waals surface area contributed by atoms with Gasteiger partial charge in [0.1, 0.15) is 13.1 Å². The summed E-state index contributed by atoms with van der Waals surface area (Å²) in [6.45, 7) is 9.59. The minimum atomic E-state index is 1.24. The average molecular weight is 176 g/mol. The minimum absolute atomic E-state index is 1.24. The van der Waals surface area contributed by atoms with Crippen molar-refractivity contribution in [1.82, 2.24) is 0 Å². The van der Waals surface area contributed by atoms with Crippen molar-refractivity contribution in [3.8, 4) is 0 Å². The van der Waals surface area contributed by atoms with Gasteiger partial charge in [0.15, 0.2) is 0 Å². The number of nitrogens with zero attached hydrogens (tertiary/aromatic N) is 1. The van der Waals surface area contributed by atoms with Crippen LogP contribution in [0.5, 0.6) is 0 Å². The van der Waals surface area contributed by atoms with Gasteiger partial charge in [-0.1, -0.05) is 24.3 Å². The molecule has 70 valence electrons. The molecule has 0 radical (unpaired) electrons. The molecule has 0 aliphatic carbocycles. The normalized spacial score (nSPS) is 18.6. The van der Waals surface area contributed by atoms with E-state index in [9.17, 15) is 0 Å². The van der Waals surface area contributed by atoms with E-state index in [1.54, 1.807) is 11.1 Å². The highest BCUT2D eigenvalue weighted by Crippen LogP contribution is 2.29. The second-order valence-electron chi connectivity index (χ2n) is 4.06. The predicted molar refractivity (Wildman–Crippen MR) is 55.2 cm³/mol. The first-order chi connectivity index (χ1) is 6.29. The molecule has 0 saturated heterocycles. The Morgan fingerprint density at radius 3 is 1.85 bits per heavy atom. The van der Waals surface area contributed by atoms with E-state index in [1.165, 1.54) is 30.7 Å². The zero-order valence-electron chi connectivity index (χ0n) is 8.59. The molecule has 1 aliphatic rings. The van der Waals surface area contributed by atoms with Crippen molar-refractivity contribution in [2.24, 2.45) is 0 Å². The fourth-order valence-electron chi connectivity index (χ4n) is 2.32.